The lowest BCUT2D eigenvalue weighted by atomic mass is 10.1. The Bertz CT molecular complexity index is 966. The van der Waals surface area contributed by atoms with Gasteiger partial charge in [-0.05, 0) is 18.6 Å². The van der Waals surface area contributed by atoms with Gasteiger partial charge in [0.15, 0.2) is 6.61 Å². The summed E-state index contributed by atoms with van der Waals surface area (Å²) < 4.78 is 10.6. The number of nitrogens with zero attached hydrogens (tertiary/aromatic N) is 2. The van der Waals surface area contributed by atoms with Gasteiger partial charge in [-0.1, -0.05) is 30.3 Å². The summed E-state index contributed by atoms with van der Waals surface area (Å²) in [6, 6.07) is 13.3. The third-order valence-electron chi connectivity index (χ3n) is 4.42. The molecular formula is C21H21N3O4S. The minimum atomic E-state index is -0.617. The summed E-state index contributed by atoms with van der Waals surface area (Å²) in [5, 5.41) is 9.96. The normalized spacial score (nSPS) is 14.7. The van der Waals surface area contributed by atoms with Crippen LogP contribution >= 0.6 is 11.3 Å². The second-order valence-electron chi connectivity index (χ2n) is 6.46. The molecule has 1 aromatic carbocycles. The van der Waals surface area contributed by atoms with Gasteiger partial charge in [-0.3, -0.25) is 4.79 Å². The smallest absolute Gasteiger partial charge is 0.348 e. The lowest BCUT2D eigenvalue weighted by Gasteiger charge is -2.28. The van der Waals surface area contributed by atoms with E-state index in [2.05, 4.69) is 4.90 Å². The maximum Gasteiger partial charge on any atom is 0.348 e. The monoisotopic (exact) mass is 411 g/mol. The van der Waals surface area contributed by atoms with Crippen LogP contribution in [0.1, 0.15) is 16.6 Å². The first-order chi connectivity index (χ1) is 14.0. The van der Waals surface area contributed by atoms with Crippen molar-refractivity contribution in [3.63, 3.8) is 0 Å². The Hall–Kier alpha value is -3.15. The molecule has 29 heavy (non-hydrogen) atoms. The van der Waals surface area contributed by atoms with Gasteiger partial charge in [0.2, 0.25) is 5.78 Å². The molecule has 0 saturated carbocycles. The van der Waals surface area contributed by atoms with Crippen LogP contribution in [0.5, 0.6) is 0 Å². The number of rotatable bonds is 6. The second kappa shape index (κ2) is 9.37. The molecule has 3 rings (SSSR count). The molecule has 1 aliphatic rings. The van der Waals surface area contributed by atoms with E-state index in [1.807, 2.05) is 30.3 Å². The Kier molecular flexibility index (Phi) is 6.65. The minimum absolute atomic E-state index is 0.102. The fourth-order valence-corrected chi connectivity index (χ4v) is 4.08. The van der Waals surface area contributed by atoms with Crippen LogP contribution in [0.4, 0.5) is 5.00 Å². The number of hydrogen-bond donors (Lipinski definition) is 1. The summed E-state index contributed by atoms with van der Waals surface area (Å²) in [7, 11) is 0. The van der Waals surface area contributed by atoms with Gasteiger partial charge in [-0.15, -0.1) is 11.3 Å². The van der Waals surface area contributed by atoms with Crippen molar-refractivity contribution in [2.24, 2.45) is 5.73 Å². The molecule has 0 radical (unpaired) electrons. The molecule has 1 saturated heterocycles. The molecule has 0 unspecified atom stereocenters. The zero-order chi connectivity index (χ0) is 20.8. The van der Waals surface area contributed by atoms with Crippen molar-refractivity contribution in [1.29, 1.82) is 5.26 Å². The highest BCUT2D eigenvalue weighted by Gasteiger charge is 2.23. The van der Waals surface area contributed by atoms with Crippen molar-refractivity contribution in [2.45, 2.75) is 6.92 Å². The van der Waals surface area contributed by atoms with E-state index in [4.69, 9.17) is 20.5 Å². The second-order valence-corrected chi connectivity index (χ2v) is 7.49. The summed E-state index contributed by atoms with van der Waals surface area (Å²) in [6.07, 6.45) is 0. The van der Waals surface area contributed by atoms with Crippen LogP contribution in [0.25, 0.3) is 11.1 Å². The molecule has 7 nitrogen and oxygen atoms in total. The fourth-order valence-electron chi connectivity index (χ4n) is 2.95. The molecule has 8 heteroatoms. The van der Waals surface area contributed by atoms with Crippen LogP contribution in [0.3, 0.4) is 0 Å². The molecule has 1 fully saturated rings. The molecule has 2 heterocycles. The van der Waals surface area contributed by atoms with Gasteiger partial charge in [0.1, 0.15) is 16.5 Å². The van der Waals surface area contributed by atoms with Gasteiger partial charge in [0, 0.05) is 24.4 Å². The highest BCUT2D eigenvalue weighted by molar-refractivity contribution is 7.18. The average Bonchev–Trinajstić information content (AvgIpc) is 3.19. The van der Waals surface area contributed by atoms with Gasteiger partial charge >= 0.3 is 5.97 Å². The summed E-state index contributed by atoms with van der Waals surface area (Å²) in [5.74, 6) is -1.22. The van der Waals surface area contributed by atoms with Crippen LogP contribution in [0.2, 0.25) is 0 Å². The largest absolute Gasteiger partial charge is 0.453 e. The lowest BCUT2D eigenvalue weighted by Crippen LogP contribution is -2.35. The summed E-state index contributed by atoms with van der Waals surface area (Å²) in [5.41, 5.74) is 7.36. The highest BCUT2D eigenvalue weighted by atomic mass is 32.1. The van der Waals surface area contributed by atoms with E-state index in [9.17, 15) is 9.59 Å². The quantitative estimate of drug-likeness (QED) is 0.442. The summed E-state index contributed by atoms with van der Waals surface area (Å²) in [4.78, 5) is 27.2. The average molecular weight is 411 g/mol. The number of carbonyl (C=O) groups excluding carboxylic acids is 2. The van der Waals surface area contributed by atoms with Crippen LogP contribution in [-0.4, -0.2) is 44.7 Å². The van der Waals surface area contributed by atoms with E-state index < -0.39 is 18.4 Å². The summed E-state index contributed by atoms with van der Waals surface area (Å²) in [6.45, 7) is 3.66. The maximum absolute atomic E-state index is 12.6. The van der Waals surface area contributed by atoms with E-state index >= 15 is 0 Å². The third kappa shape index (κ3) is 4.83. The zero-order valence-electron chi connectivity index (χ0n) is 16.0. The van der Waals surface area contributed by atoms with E-state index in [0.29, 0.717) is 18.1 Å². The van der Waals surface area contributed by atoms with Crippen molar-refractivity contribution in [1.82, 2.24) is 0 Å². The standard InChI is InChI=1S/C21H21N3O4S/c1-14(23)17(12-22)18(25)13-28-21(26)19-11-16(15-5-3-2-4-6-15)20(29-19)24-7-9-27-10-8-24/h2-6,11H,7-10,13,23H2,1H3. The number of carbonyl (C=O) groups is 2. The SMILES string of the molecule is CC(N)=C(C#N)C(=O)COC(=O)c1cc(-c2ccccc2)c(N2CCOCC2)s1. The number of nitrogens with two attached hydrogens (primary N) is 1. The van der Waals surface area contributed by atoms with Crippen LogP contribution < -0.4 is 10.6 Å². The topological polar surface area (TPSA) is 106 Å². The zero-order valence-corrected chi connectivity index (χ0v) is 16.8. The van der Waals surface area contributed by atoms with Gasteiger partial charge in [0.25, 0.3) is 0 Å². The van der Waals surface area contributed by atoms with E-state index in [1.165, 1.54) is 18.3 Å². The van der Waals surface area contributed by atoms with Crippen molar-refractivity contribution < 1.29 is 19.1 Å². The Labute approximate surface area is 172 Å². The molecule has 1 aliphatic heterocycles. The molecule has 2 N–H and O–H groups in total. The van der Waals surface area contributed by atoms with Crippen molar-refractivity contribution in [3.8, 4) is 17.2 Å². The number of allylic oxidation sites excluding steroid dienone is 1. The molecule has 150 valence electrons. The van der Waals surface area contributed by atoms with Crippen molar-refractivity contribution in [2.75, 3.05) is 37.8 Å². The first kappa shape index (κ1) is 20.6. The number of anilines is 1. The molecule has 0 aliphatic carbocycles. The Morgan fingerprint density at radius 2 is 1.97 bits per heavy atom. The van der Waals surface area contributed by atoms with Crippen LogP contribution in [0, 0.1) is 11.3 Å². The Morgan fingerprint density at radius 3 is 2.59 bits per heavy atom. The number of benzene rings is 1. The van der Waals surface area contributed by atoms with Crippen LogP contribution in [0.15, 0.2) is 47.7 Å². The predicted octanol–water partition coefficient (Wildman–Crippen LogP) is 2.73. The Morgan fingerprint density at radius 1 is 1.28 bits per heavy atom. The predicted molar refractivity (Wildman–Crippen MR) is 111 cm³/mol. The first-order valence-electron chi connectivity index (χ1n) is 9.10. The number of Topliss-reactive ketones (excluding diaryl/α,β-unsaturated/α-hetero) is 1. The van der Waals surface area contributed by atoms with Gasteiger partial charge in [-0.2, -0.15) is 5.26 Å². The number of morpholine rings is 1. The molecule has 0 amide bonds. The van der Waals surface area contributed by atoms with Crippen LogP contribution in [-0.2, 0) is 14.3 Å². The minimum Gasteiger partial charge on any atom is -0.453 e. The van der Waals surface area contributed by atoms with Crippen molar-refractivity contribution >= 4 is 28.1 Å². The van der Waals surface area contributed by atoms with E-state index in [0.717, 1.165) is 29.2 Å². The Balaban J connectivity index is 1.83. The molecule has 2 aromatic rings. The molecule has 1 aromatic heterocycles. The maximum atomic E-state index is 12.6. The molecule has 0 spiro atoms. The lowest BCUT2D eigenvalue weighted by molar-refractivity contribution is -0.118. The highest BCUT2D eigenvalue weighted by Crippen LogP contribution is 2.39. The fraction of sp³-hybridized carbons (Fsp3) is 0.286. The molecule has 0 atom stereocenters. The van der Waals surface area contributed by atoms with Gasteiger partial charge in [-0.25, -0.2) is 4.79 Å². The first-order valence-corrected chi connectivity index (χ1v) is 9.91. The van der Waals surface area contributed by atoms with Gasteiger partial charge in [0.05, 0.1) is 18.2 Å². The van der Waals surface area contributed by atoms with Crippen molar-refractivity contribution in [3.05, 3.63) is 52.5 Å². The number of ether oxygens (including phenoxy) is 2. The number of hydrogen-bond acceptors (Lipinski definition) is 8. The number of esters is 1. The number of ketones is 1. The number of nitriles is 1. The third-order valence-corrected chi connectivity index (χ3v) is 5.59. The van der Waals surface area contributed by atoms with E-state index in [1.54, 1.807) is 12.1 Å². The summed E-state index contributed by atoms with van der Waals surface area (Å²) >= 11 is 1.32. The molecule has 0 bridgehead atoms. The van der Waals surface area contributed by atoms with E-state index in [-0.39, 0.29) is 11.3 Å². The molecular weight excluding hydrogens is 390 g/mol. The van der Waals surface area contributed by atoms with Gasteiger partial charge < -0.3 is 20.1 Å². The number of thiophene rings is 1.